The summed E-state index contributed by atoms with van der Waals surface area (Å²) in [6, 6.07) is -1.03. The molecule has 1 aliphatic rings. The fraction of sp³-hybridized carbons (Fsp3) is 0.846. The van der Waals surface area contributed by atoms with Gasteiger partial charge in [-0.05, 0) is 83.5 Å². The quantitative estimate of drug-likeness (QED) is 0.0195. The van der Waals surface area contributed by atoms with Crippen LogP contribution in [0, 0.1) is 0 Å². The number of hydrogen-bond donors (Lipinski definition) is 6. The van der Waals surface area contributed by atoms with E-state index in [-0.39, 0.29) is 19.4 Å². The predicted molar refractivity (Wildman–Crippen MR) is 315 cm³/mol. The average Bonchev–Trinajstić information content (AvgIpc) is 3.42. The molecule has 1 heterocycles. The van der Waals surface area contributed by atoms with E-state index in [1.54, 1.807) is 6.08 Å². The van der Waals surface area contributed by atoms with Crippen LogP contribution < -0.4 is 5.32 Å². The Morgan fingerprint density at radius 2 is 0.908 bits per heavy atom. The van der Waals surface area contributed by atoms with E-state index < -0.39 is 67.4 Å². The van der Waals surface area contributed by atoms with Gasteiger partial charge in [0.05, 0.1) is 25.4 Å². The molecule has 0 aromatic heterocycles. The van der Waals surface area contributed by atoms with Crippen LogP contribution in [0.25, 0.3) is 0 Å². The number of carbonyl (C=O) groups excluding carboxylic acids is 2. The first-order valence-corrected chi connectivity index (χ1v) is 31.9. The number of carbonyl (C=O) groups is 2. The van der Waals surface area contributed by atoms with E-state index in [1.807, 2.05) is 6.08 Å². The summed E-state index contributed by atoms with van der Waals surface area (Å²) in [5.41, 5.74) is 0. The highest BCUT2D eigenvalue weighted by Gasteiger charge is 2.47. The molecule has 1 rings (SSSR count). The molecule has 0 radical (unpaired) electrons. The van der Waals surface area contributed by atoms with E-state index in [0.29, 0.717) is 12.8 Å². The van der Waals surface area contributed by atoms with Gasteiger partial charge in [0.25, 0.3) is 0 Å². The maximum Gasteiger partial charge on any atom is 0.306 e. The smallest absolute Gasteiger partial charge is 0.306 e. The van der Waals surface area contributed by atoms with E-state index in [1.165, 1.54) is 161 Å². The minimum absolute atomic E-state index is 0.119. The highest BCUT2D eigenvalue weighted by atomic mass is 16.7. The molecule has 0 aliphatic carbocycles. The zero-order valence-corrected chi connectivity index (χ0v) is 49.1. The fourth-order valence-corrected chi connectivity index (χ4v) is 9.85. The molecule has 444 valence electrons. The molecule has 0 saturated carbocycles. The molecule has 11 nitrogen and oxygen atoms in total. The molecule has 1 saturated heterocycles. The van der Waals surface area contributed by atoms with Gasteiger partial charge in [-0.2, -0.15) is 0 Å². The Balaban J connectivity index is 2.67. The third-order valence-electron chi connectivity index (χ3n) is 15.0. The Kier molecular flexibility index (Phi) is 50.2. The summed E-state index contributed by atoms with van der Waals surface area (Å²) in [5, 5.41) is 57.0. The van der Waals surface area contributed by atoms with Gasteiger partial charge in [-0.15, -0.1) is 0 Å². The van der Waals surface area contributed by atoms with Gasteiger partial charge in [0.2, 0.25) is 5.91 Å². The lowest BCUT2D eigenvalue weighted by Gasteiger charge is -2.41. The Hall–Kier alpha value is -2.38. The van der Waals surface area contributed by atoms with Crippen LogP contribution in [0.15, 0.2) is 48.6 Å². The van der Waals surface area contributed by atoms with Crippen LogP contribution in [0.3, 0.4) is 0 Å². The van der Waals surface area contributed by atoms with Gasteiger partial charge in [0.1, 0.15) is 24.4 Å². The van der Waals surface area contributed by atoms with Crippen molar-refractivity contribution in [1.82, 2.24) is 5.32 Å². The molecule has 1 amide bonds. The average molecular weight is 1070 g/mol. The molecule has 1 aliphatic heterocycles. The first-order chi connectivity index (χ1) is 37.2. The molecule has 0 spiro atoms. The summed E-state index contributed by atoms with van der Waals surface area (Å²) in [6.07, 6.45) is 54.3. The lowest BCUT2D eigenvalue weighted by Crippen LogP contribution is -2.61. The van der Waals surface area contributed by atoms with Crippen LogP contribution in [0.2, 0.25) is 0 Å². The third-order valence-corrected chi connectivity index (χ3v) is 15.0. The Morgan fingerprint density at radius 1 is 0.513 bits per heavy atom. The number of aliphatic hydroxyl groups is 5. The largest absolute Gasteiger partial charge is 0.454 e. The molecule has 76 heavy (non-hydrogen) atoms. The number of esters is 1. The number of hydrogen-bond acceptors (Lipinski definition) is 10. The molecule has 8 atom stereocenters. The molecule has 8 unspecified atom stereocenters. The molecule has 1 fully saturated rings. The minimum Gasteiger partial charge on any atom is -0.454 e. The highest BCUT2D eigenvalue weighted by Crippen LogP contribution is 2.26. The van der Waals surface area contributed by atoms with E-state index in [9.17, 15) is 35.1 Å². The predicted octanol–water partition coefficient (Wildman–Crippen LogP) is 15.2. The molecule has 0 aromatic carbocycles. The van der Waals surface area contributed by atoms with Gasteiger partial charge < -0.3 is 45.1 Å². The minimum atomic E-state index is -1.61. The van der Waals surface area contributed by atoms with Crippen molar-refractivity contribution < 1.29 is 49.3 Å². The summed E-state index contributed by atoms with van der Waals surface area (Å²) in [7, 11) is 0. The van der Waals surface area contributed by atoms with Crippen LogP contribution in [0.4, 0.5) is 0 Å². The highest BCUT2D eigenvalue weighted by molar-refractivity contribution is 5.80. The normalized spacial score (nSPS) is 19.4. The van der Waals surface area contributed by atoms with E-state index in [2.05, 4.69) is 62.5 Å². The number of amides is 1. The Labute approximate surface area is 466 Å². The molecule has 0 aromatic rings. The lowest BCUT2D eigenvalue weighted by molar-refractivity contribution is -0.305. The van der Waals surface area contributed by atoms with Crippen molar-refractivity contribution in [3.63, 3.8) is 0 Å². The van der Waals surface area contributed by atoms with Crippen LogP contribution in [0.1, 0.15) is 290 Å². The molecular formula is C65H119NO10. The SMILES string of the molecule is CCCCC/C=C\C/C=C\CCCCCCCCCCC(O)C(=O)NC(COC1OC(CO)C(O)C(O)C1OC(=O)CCCCCCCCC/C=C/CCCCCCCC)C(O)/C=C/CCCCCCCCCCCC. The van der Waals surface area contributed by atoms with E-state index in [0.717, 1.165) is 83.5 Å². The second kappa shape index (κ2) is 53.3. The van der Waals surface area contributed by atoms with E-state index in [4.69, 9.17) is 14.2 Å². The molecular weight excluding hydrogens is 955 g/mol. The van der Waals surface area contributed by atoms with Crippen LogP contribution in [-0.4, -0.2) is 99.6 Å². The molecule has 0 bridgehead atoms. The number of unbranched alkanes of at least 4 members (excludes halogenated alkanes) is 34. The van der Waals surface area contributed by atoms with Gasteiger partial charge in [0.15, 0.2) is 12.4 Å². The van der Waals surface area contributed by atoms with Crippen LogP contribution in [0.5, 0.6) is 0 Å². The molecule has 11 heteroatoms. The third kappa shape index (κ3) is 40.8. The summed E-state index contributed by atoms with van der Waals surface area (Å²) in [6.45, 7) is 5.77. The summed E-state index contributed by atoms with van der Waals surface area (Å²) < 4.78 is 17.6. The monoisotopic (exact) mass is 1070 g/mol. The second-order valence-electron chi connectivity index (χ2n) is 22.1. The topological polar surface area (TPSA) is 175 Å². The number of nitrogens with one attached hydrogen (secondary N) is 1. The van der Waals surface area contributed by atoms with E-state index >= 15 is 0 Å². The first-order valence-electron chi connectivity index (χ1n) is 31.9. The maximum absolute atomic E-state index is 13.4. The van der Waals surface area contributed by atoms with Crippen molar-refractivity contribution in [2.75, 3.05) is 13.2 Å². The zero-order valence-electron chi connectivity index (χ0n) is 49.1. The zero-order chi connectivity index (χ0) is 55.4. The fourth-order valence-electron chi connectivity index (χ4n) is 9.85. The van der Waals surface area contributed by atoms with Gasteiger partial charge >= 0.3 is 5.97 Å². The Morgan fingerprint density at radius 3 is 1.38 bits per heavy atom. The van der Waals surface area contributed by atoms with Crippen molar-refractivity contribution in [1.29, 1.82) is 0 Å². The Bertz CT molecular complexity index is 1420. The van der Waals surface area contributed by atoms with Crippen molar-refractivity contribution in [3.8, 4) is 0 Å². The number of allylic oxidation sites excluding steroid dienone is 7. The maximum atomic E-state index is 13.4. The number of ether oxygens (including phenoxy) is 3. The van der Waals surface area contributed by atoms with Gasteiger partial charge in [-0.25, -0.2) is 0 Å². The van der Waals surface area contributed by atoms with Gasteiger partial charge in [-0.1, -0.05) is 249 Å². The first kappa shape index (κ1) is 71.6. The van der Waals surface area contributed by atoms with Crippen molar-refractivity contribution in [2.45, 2.75) is 339 Å². The summed E-state index contributed by atoms with van der Waals surface area (Å²) >= 11 is 0. The summed E-state index contributed by atoms with van der Waals surface area (Å²) in [4.78, 5) is 26.6. The lowest BCUT2D eigenvalue weighted by atomic mass is 9.99. The summed E-state index contributed by atoms with van der Waals surface area (Å²) in [5.74, 6) is -1.20. The molecule has 6 N–H and O–H groups in total. The van der Waals surface area contributed by atoms with Gasteiger partial charge in [-0.3, -0.25) is 9.59 Å². The number of rotatable bonds is 54. The second-order valence-corrected chi connectivity index (χ2v) is 22.1. The van der Waals surface area contributed by atoms with Crippen LogP contribution >= 0.6 is 0 Å². The van der Waals surface area contributed by atoms with Crippen LogP contribution in [-0.2, 0) is 23.8 Å². The number of aliphatic hydroxyl groups excluding tert-OH is 5. The van der Waals surface area contributed by atoms with Crippen molar-refractivity contribution >= 4 is 11.9 Å². The standard InChI is InChI=1S/C65H119NO10/c1-4-7-10-13-16-19-22-25-27-29-31-32-34-37-40-43-46-49-52-58(69)64(73)66-56(57(68)51-48-45-42-39-36-24-21-18-15-12-9-6-3)55-74-65-63(62(72)61(71)59(54-67)75-65)76-60(70)53-50-47-44-41-38-35-33-30-28-26-23-20-17-14-11-8-5-2/h16,19,25-28,48,51,56-59,61-63,65,67-69,71-72H,4-15,17-18,20-24,29-47,49-50,52-55H2,1-3H3,(H,66,73)/b19-16-,27-25-,28-26+,51-48+. The van der Waals surface area contributed by atoms with Gasteiger partial charge in [0, 0.05) is 6.42 Å². The van der Waals surface area contributed by atoms with Crippen molar-refractivity contribution in [2.24, 2.45) is 0 Å². The van der Waals surface area contributed by atoms with Crippen molar-refractivity contribution in [3.05, 3.63) is 48.6 Å².